The van der Waals surface area contributed by atoms with E-state index in [1.165, 1.54) is 12.1 Å². The highest BCUT2D eigenvalue weighted by molar-refractivity contribution is 5.37. The lowest BCUT2D eigenvalue weighted by Crippen LogP contribution is -1.99. The molecule has 0 saturated heterocycles. The van der Waals surface area contributed by atoms with Gasteiger partial charge in [-0.05, 0) is 43.3 Å². The molecule has 0 aliphatic heterocycles. The smallest absolute Gasteiger partial charge is 0.125 e. The van der Waals surface area contributed by atoms with Crippen LogP contribution in [0.25, 0.3) is 0 Å². The molecule has 0 heterocycles. The third kappa shape index (κ3) is 3.00. The normalized spacial score (nSPS) is 10.2. The molecule has 0 saturated carbocycles. The Labute approximate surface area is 106 Å². The van der Waals surface area contributed by atoms with Crippen molar-refractivity contribution in [3.05, 3.63) is 59.4 Å². The summed E-state index contributed by atoms with van der Waals surface area (Å²) in [5.41, 5.74) is 2.12. The molecule has 0 unspecified atom stereocenters. The van der Waals surface area contributed by atoms with Crippen LogP contribution in [0, 0.1) is 12.7 Å². The summed E-state index contributed by atoms with van der Waals surface area (Å²) in [6, 6.07) is 11.9. The monoisotopic (exact) mass is 246 g/mol. The van der Waals surface area contributed by atoms with Crippen LogP contribution in [0.3, 0.4) is 0 Å². The number of rotatable bonds is 4. The zero-order valence-corrected chi connectivity index (χ0v) is 10.4. The quantitative estimate of drug-likeness (QED) is 0.818. The molecule has 2 rings (SSSR count). The third-order valence-electron chi connectivity index (χ3n) is 2.64. The largest absolute Gasteiger partial charge is 0.496 e. The van der Waals surface area contributed by atoms with E-state index in [2.05, 4.69) is 0 Å². The van der Waals surface area contributed by atoms with Crippen LogP contribution >= 0.6 is 0 Å². The van der Waals surface area contributed by atoms with E-state index in [-0.39, 0.29) is 5.82 Å². The molecule has 0 aromatic heterocycles. The Balaban J connectivity index is 2.09. The summed E-state index contributed by atoms with van der Waals surface area (Å²) in [5, 5.41) is 0. The van der Waals surface area contributed by atoms with Crippen LogP contribution in [0.4, 0.5) is 4.39 Å². The highest BCUT2D eigenvalue weighted by atomic mass is 19.1. The van der Waals surface area contributed by atoms with Gasteiger partial charge >= 0.3 is 0 Å². The summed E-state index contributed by atoms with van der Waals surface area (Å²) >= 11 is 0. The molecule has 0 fully saturated rings. The Morgan fingerprint density at radius 2 is 1.78 bits per heavy atom. The predicted molar refractivity (Wildman–Crippen MR) is 68.5 cm³/mol. The molecule has 0 spiro atoms. The fourth-order valence-electron chi connectivity index (χ4n) is 1.71. The van der Waals surface area contributed by atoms with E-state index >= 15 is 0 Å². The van der Waals surface area contributed by atoms with Crippen LogP contribution in [0.15, 0.2) is 42.5 Å². The van der Waals surface area contributed by atoms with Crippen molar-refractivity contribution in [3.63, 3.8) is 0 Å². The fraction of sp³-hybridized carbons (Fsp3) is 0.200. The van der Waals surface area contributed by atoms with Gasteiger partial charge in [0.25, 0.3) is 0 Å². The minimum absolute atomic E-state index is 0.268. The topological polar surface area (TPSA) is 18.5 Å². The lowest BCUT2D eigenvalue weighted by molar-refractivity contribution is 0.296. The lowest BCUT2D eigenvalue weighted by atomic mass is 10.1. The molecule has 0 amide bonds. The molecule has 2 aromatic carbocycles. The molecule has 18 heavy (non-hydrogen) atoms. The van der Waals surface area contributed by atoms with Gasteiger partial charge in [0.15, 0.2) is 0 Å². The maximum absolute atomic E-state index is 12.7. The molecule has 94 valence electrons. The molecule has 3 heteroatoms. The summed E-state index contributed by atoms with van der Waals surface area (Å²) in [6.07, 6.45) is 0. The zero-order valence-electron chi connectivity index (χ0n) is 10.4. The van der Waals surface area contributed by atoms with Gasteiger partial charge in [0, 0.05) is 5.56 Å². The minimum Gasteiger partial charge on any atom is -0.496 e. The second-order valence-corrected chi connectivity index (χ2v) is 4.06. The molecule has 0 atom stereocenters. The van der Waals surface area contributed by atoms with E-state index in [9.17, 15) is 4.39 Å². The first-order valence-corrected chi connectivity index (χ1v) is 5.71. The van der Waals surface area contributed by atoms with E-state index in [4.69, 9.17) is 9.47 Å². The third-order valence-corrected chi connectivity index (χ3v) is 2.64. The average molecular weight is 246 g/mol. The van der Waals surface area contributed by atoms with Gasteiger partial charge < -0.3 is 9.47 Å². The van der Waals surface area contributed by atoms with Gasteiger partial charge in [-0.15, -0.1) is 0 Å². The van der Waals surface area contributed by atoms with Crippen LogP contribution in [0.5, 0.6) is 11.5 Å². The van der Waals surface area contributed by atoms with Gasteiger partial charge in [0.2, 0.25) is 0 Å². The summed E-state index contributed by atoms with van der Waals surface area (Å²) < 4.78 is 23.6. The Hall–Kier alpha value is -2.03. The number of hydrogen-bond donors (Lipinski definition) is 0. The molecular weight excluding hydrogens is 231 g/mol. The summed E-state index contributed by atoms with van der Waals surface area (Å²) in [7, 11) is 1.63. The van der Waals surface area contributed by atoms with Gasteiger partial charge in [0.05, 0.1) is 7.11 Å². The van der Waals surface area contributed by atoms with Crippen molar-refractivity contribution in [3.8, 4) is 11.5 Å². The highest BCUT2D eigenvalue weighted by Gasteiger charge is 2.04. The van der Waals surface area contributed by atoms with Gasteiger partial charge in [-0.2, -0.15) is 0 Å². The first-order valence-electron chi connectivity index (χ1n) is 5.71. The van der Waals surface area contributed by atoms with E-state index in [0.29, 0.717) is 12.4 Å². The van der Waals surface area contributed by atoms with Crippen LogP contribution in [-0.4, -0.2) is 7.11 Å². The lowest BCUT2D eigenvalue weighted by Gasteiger charge is -2.11. The van der Waals surface area contributed by atoms with E-state index in [1.807, 2.05) is 25.1 Å². The predicted octanol–water partition coefficient (Wildman–Crippen LogP) is 3.72. The molecule has 2 nitrogen and oxygen atoms in total. The number of halogens is 1. The van der Waals surface area contributed by atoms with Crippen molar-refractivity contribution in [2.24, 2.45) is 0 Å². The first-order chi connectivity index (χ1) is 8.69. The summed E-state index contributed by atoms with van der Waals surface area (Å²) in [4.78, 5) is 0. The van der Waals surface area contributed by atoms with Crippen LogP contribution < -0.4 is 9.47 Å². The maximum Gasteiger partial charge on any atom is 0.125 e. The molecule has 0 aliphatic rings. The average Bonchev–Trinajstić information content (AvgIpc) is 2.38. The second-order valence-electron chi connectivity index (χ2n) is 4.06. The highest BCUT2D eigenvalue weighted by Crippen LogP contribution is 2.22. The van der Waals surface area contributed by atoms with Gasteiger partial charge in [-0.1, -0.05) is 11.6 Å². The maximum atomic E-state index is 12.7. The van der Waals surface area contributed by atoms with Crippen LogP contribution in [-0.2, 0) is 6.61 Å². The Morgan fingerprint density at radius 3 is 2.44 bits per heavy atom. The van der Waals surface area contributed by atoms with Gasteiger partial charge in [-0.3, -0.25) is 0 Å². The molecule has 0 N–H and O–H groups in total. The van der Waals surface area contributed by atoms with E-state index in [1.54, 1.807) is 19.2 Å². The number of aryl methyl sites for hydroxylation is 1. The van der Waals surface area contributed by atoms with Crippen molar-refractivity contribution in [1.82, 2.24) is 0 Å². The Bertz CT molecular complexity index is 521. The number of methoxy groups -OCH3 is 1. The van der Waals surface area contributed by atoms with Crippen molar-refractivity contribution < 1.29 is 13.9 Å². The molecule has 0 radical (unpaired) electrons. The zero-order chi connectivity index (χ0) is 13.0. The van der Waals surface area contributed by atoms with Crippen LogP contribution in [0.1, 0.15) is 11.1 Å². The number of ether oxygens (including phenoxy) is 2. The number of hydrogen-bond acceptors (Lipinski definition) is 2. The SMILES string of the molecule is COc1ccc(C)cc1COc1ccc(F)cc1. The van der Waals surface area contributed by atoms with Crippen LogP contribution in [0.2, 0.25) is 0 Å². The van der Waals surface area contributed by atoms with Crippen molar-refractivity contribution in [2.45, 2.75) is 13.5 Å². The van der Waals surface area contributed by atoms with Crippen molar-refractivity contribution in [2.75, 3.05) is 7.11 Å². The summed E-state index contributed by atoms with van der Waals surface area (Å²) in [5.74, 6) is 1.16. The fourth-order valence-corrected chi connectivity index (χ4v) is 1.71. The van der Waals surface area contributed by atoms with Crippen molar-refractivity contribution in [1.29, 1.82) is 0 Å². The minimum atomic E-state index is -0.268. The molecular formula is C15H15FO2. The first kappa shape index (κ1) is 12.4. The van der Waals surface area contributed by atoms with Gasteiger partial charge in [-0.25, -0.2) is 4.39 Å². The standard InChI is InChI=1S/C15H15FO2/c1-11-3-8-15(17-2)12(9-11)10-18-14-6-4-13(16)5-7-14/h3-9H,10H2,1-2H3. The number of benzene rings is 2. The Kier molecular flexibility index (Phi) is 3.82. The van der Waals surface area contributed by atoms with Crippen molar-refractivity contribution >= 4 is 0 Å². The summed E-state index contributed by atoms with van der Waals surface area (Å²) in [6.45, 7) is 2.41. The van der Waals surface area contributed by atoms with Gasteiger partial charge in [0.1, 0.15) is 23.9 Å². The van der Waals surface area contributed by atoms with E-state index in [0.717, 1.165) is 16.9 Å². The molecule has 0 bridgehead atoms. The second kappa shape index (κ2) is 5.54. The molecule has 0 aliphatic carbocycles. The molecule has 2 aromatic rings. The van der Waals surface area contributed by atoms with E-state index < -0.39 is 0 Å². The Morgan fingerprint density at radius 1 is 1.06 bits per heavy atom.